The Bertz CT molecular complexity index is 1230. The number of carbonyl (C=O) groups is 1. The van der Waals surface area contributed by atoms with Gasteiger partial charge in [0.1, 0.15) is 22.7 Å². The number of hydrogen-bond donors (Lipinski definition) is 2. The number of rotatable bonds is 9. The molecular weight excluding hydrogens is 434 g/mol. The average molecular weight is 464 g/mol. The lowest BCUT2D eigenvalue weighted by Crippen LogP contribution is -2.52. The molecule has 0 radical (unpaired) electrons. The fraction of sp³-hybridized carbons (Fsp3) is 0.304. The van der Waals surface area contributed by atoms with Gasteiger partial charge in [-0.05, 0) is 26.2 Å². The van der Waals surface area contributed by atoms with Crippen molar-refractivity contribution in [2.75, 3.05) is 46.0 Å². The second kappa shape index (κ2) is 9.89. The molecule has 34 heavy (non-hydrogen) atoms. The molecule has 0 bridgehead atoms. The Balaban J connectivity index is 1.87. The number of para-hydroxylation sites is 1. The van der Waals surface area contributed by atoms with Crippen LogP contribution in [-0.2, 0) is 16.7 Å². The molecule has 0 unspecified atom stereocenters. The second-order valence-corrected chi connectivity index (χ2v) is 8.08. The fourth-order valence-corrected chi connectivity index (χ4v) is 3.66. The predicted molar refractivity (Wildman–Crippen MR) is 131 cm³/mol. The van der Waals surface area contributed by atoms with Crippen LogP contribution in [0.2, 0.25) is 0 Å². The van der Waals surface area contributed by atoms with Crippen LogP contribution < -0.4 is 16.2 Å². The molecular formula is C23H29N9O2. The zero-order valence-corrected chi connectivity index (χ0v) is 19.8. The minimum Gasteiger partial charge on any atom is -0.372 e. The van der Waals surface area contributed by atoms with Crippen LogP contribution in [0.4, 0.5) is 5.69 Å². The summed E-state index contributed by atoms with van der Waals surface area (Å²) in [7, 11) is 7.65. The van der Waals surface area contributed by atoms with E-state index in [1.54, 1.807) is 30.9 Å². The third-order valence-corrected chi connectivity index (χ3v) is 5.39. The zero-order valence-electron chi connectivity index (χ0n) is 19.8. The van der Waals surface area contributed by atoms with Gasteiger partial charge in [-0.3, -0.25) is 14.6 Å². The van der Waals surface area contributed by atoms with E-state index < -0.39 is 5.91 Å². The molecule has 0 saturated carbocycles. The van der Waals surface area contributed by atoms with Crippen LogP contribution in [0.1, 0.15) is 5.56 Å². The van der Waals surface area contributed by atoms with E-state index in [0.29, 0.717) is 30.2 Å². The first-order chi connectivity index (χ1) is 16.4. The van der Waals surface area contributed by atoms with Gasteiger partial charge in [0.15, 0.2) is 0 Å². The molecule has 3 heterocycles. The third kappa shape index (κ3) is 4.56. The molecule has 11 heteroatoms. The molecule has 178 valence electrons. The molecule has 3 N–H and O–H groups in total. The summed E-state index contributed by atoms with van der Waals surface area (Å²) in [6.07, 6.45) is 5.15. The molecule has 0 aliphatic carbocycles. The summed E-state index contributed by atoms with van der Waals surface area (Å²) in [4.78, 5) is 34.1. The largest absolute Gasteiger partial charge is 0.372 e. The number of nitrogens with two attached hydrogens (primary N) is 1. The van der Waals surface area contributed by atoms with Gasteiger partial charge in [-0.15, -0.1) is 0 Å². The molecule has 1 aliphatic rings. The lowest BCUT2D eigenvalue weighted by molar-refractivity contribution is -0.112. The highest BCUT2D eigenvalue weighted by molar-refractivity contribution is 6.40. The van der Waals surface area contributed by atoms with Crippen LogP contribution in [0.5, 0.6) is 0 Å². The number of nitrogens with zero attached hydrogens (tertiary/aromatic N) is 7. The van der Waals surface area contributed by atoms with E-state index >= 15 is 0 Å². The number of fused-ring (bicyclic) bond motifs is 1. The molecule has 3 aromatic rings. The van der Waals surface area contributed by atoms with E-state index in [9.17, 15) is 4.79 Å². The molecule has 0 saturated heterocycles. The summed E-state index contributed by atoms with van der Waals surface area (Å²) in [5, 5.41) is 6.72. The number of anilines is 1. The van der Waals surface area contributed by atoms with Gasteiger partial charge in [-0.1, -0.05) is 18.2 Å². The summed E-state index contributed by atoms with van der Waals surface area (Å²) >= 11 is 0. The first kappa shape index (κ1) is 23.2. The van der Waals surface area contributed by atoms with Crippen LogP contribution in [0.15, 0.2) is 59.9 Å². The second-order valence-electron chi connectivity index (χ2n) is 8.08. The number of imidazole rings is 1. The van der Waals surface area contributed by atoms with Crippen LogP contribution in [0.3, 0.4) is 0 Å². The van der Waals surface area contributed by atoms with E-state index in [1.165, 1.54) is 0 Å². The topological polar surface area (TPSA) is 117 Å². The number of likely N-dealkylation sites (N-methyl/N-ethyl adjacent to an activating group) is 1. The van der Waals surface area contributed by atoms with Crippen molar-refractivity contribution >= 4 is 34.0 Å². The maximum absolute atomic E-state index is 12.3. The Morgan fingerprint density at radius 1 is 1.24 bits per heavy atom. The molecule has 2 aromatic heterocycles. The zero-order chi connectivity index (χ0) is 24.2. The monoisotopic (exact) mass is 463 g/mol. The number of aliphatic imine (C=N–C) groups is 1. The highest BCUT2D eigenvalue weighted by Crippen LogP contribution is 2.31. The van der Waals surface area contributed by atoms with Crippen molar-refractivity contribution in [3.63, 3.8) is 0 Å². The Hall–Kier alpha value is -3.96. The minimum atomic E-state index is -0.611. The molecule has 4 rings (SSSR count). The van der Waals surface area contributed by atoms with E-state index in [4.69, 9.17) is 10.6 Å². The van der Waals surface area contributed by atoms with Crippen molar-refractivity contribution in [3.05, 3.63) is 60.4 Å². The van der Waals surface area contributed by atoms with E-state index in [0.717, 1.165) is 16.7 Å². The summed E-state index contributed by atoms with van der Waals surface area (Å²) in [6.45, 7) is 1.25. The third-order valence-electron chi connectivity index (χ3n) is 5.39. The van der Waals surface area contributed by atoms with Gasteiger partial charge in [-0.2, -0.15) is 5.17 Å². The number of amides is 1. The molecule has 1 aliphatic heterocycles. The molecule has 0 atom stereocenters. The van der Waals surface area contributed by atoms with E-state index in [2.05, 4.69) is 20.3 Å². The lowest BCUT2D eigenvalue weighted by atomic mass is 10.1. The SMILES string of the molecule is CNC1=C(c2cncc3c2ncn3C)N=C(C(N)=O)CN1N(OCCN(C)C)c1ccccc1. The minimum absolute atomic E-state index is 0.123. The lowest BCUT2D eigenvalue weighted by Gasteiger charge is -2.40. The van der Waals surface area contributed by atoms with Gasteiger partial charge in [0.2, 0.25) is 0 Å². The van der Waals surface area contributed by atoms with Crippen molar-refractivity contribution < 1.29 is 9.63 Å². The smallest absolute Gasteiger partial charge is 0.265 e. The molecule has 11 nitrogen and oxygen atoms in total. The Kier molecular flexibility index (Phi) is 6.75. The van der Waals surface area contributed by atoms with Gasteiger partial charge in [-0.25, -0.2) is 15.0 Å². The van der Waals surface area contributed by atoms with Crippen molar-refractivity contribution in [2.45, 2.75) is 0 Å². The number of primary amides is 1. The normalized spacial score (nSPS) is 14.0. The number of aryl methyl sites for hydroxylation is 1. The Morgan fingerprint density at radius 2 is 2.00 bits per heavy atom. The van der Waals surface area contributed by atoms with Crippen LogP contribution in [-0.4, -0.2) is 76.9 Å². The number of hydrogen-bond acceptors (Lipinski definition) is 9. The summed E-state index contributed by atoms with van der Waals surface area (Å²) in [5.41, 5.74) is 9.42. The molecule has 1 amide bonds. The Labute approximate surface area is 198 Å². The van der Waals surface area contributed by atoms with Crippen molar-refractivity contribution in [1.82, 2.24) is 29.8 Å². The van der Waals surface area contributed by atoms with Crippen LogP contribution >= 0.6 is 0 Å². The van der Waals surface area contributed by atoms with Gasteiger partial charge in [0.05, 0.1) is 42.4 Å². The predicted octanol–water partition coefficient (Wildman–Crippen LogP) is 0.971. The maximum Gasteiger partial charge on any atom is 0.265 e. The summed E-state index contributed by atoms with van der Waals surface area (Å²) in [6, 6.07) is 9.64. The molecule has 0 spiro atoms. The number of benzene rings is 1. The number of aromatic nitrogens is 3. The first-order valence-corrected chi connectivity index (χ1v) is 10.9. The molecule has 1 aromatic carbocycles. The number of nitrogens with one attached hydrogen (secondary N) is 1. The van der Waals surface area contributed by atoms with Crippen molar-refractivity contribution in [2.24, 2.45) is 17.8 Å². The van der Waals surface area contributed by atoms with E-state index in [1.807, 2.05) is 66.0 Å². The number of hydrazine groups is 1. The summed E-state index contributed by atoms with van der Waals surface area (Å²) < 4.78 is 1.88. The standard InChI is InChI=1S/C23H29N9O2/c1-25-23-21(17-12-26-13-19-20(17)27-15-30(19)4)28-18(22(24)33)14-31(23)32(34-11-10-29(2)3)16-8-6-5-7-9-16/h5-9,12-13,15,25H,10-11,14H2,1-4H3,(H2,24,33). The summed E-state index contributed by atoms with van der Waals surface area (Å²) in [5.74, 6) is 0.0128. The van der Waals surface area contributed by atoms with Gasteiger partial charge in [0.25, 0.3) is 5.91 Å². The number of carbonyl (C=O) groups excluding carboxylic acids is 1. The average Bonchev–Trinajstić information content (AvgIpc) is 3.22. The highest BCUT2D eigenvalue weighted by atomic mass is 16.7. The van der Waals surface area contributed by atoms with E-state index in [-0.39, 0.29) is 12.3 Å². The van der Waals surface area contributed by atoms with Crippen LogP contribution in [0.25, 0.3) is 16.7 Å². The van der Waals surface area contributed by atoms with Gasteiger partial charge < -0.3 is 20.5 Å². The Morgan fingerprint density at radius 3 is 2.68 bits per heavy atom. The van der Waals surface area contributed by atoms with Crippen LogP contribution in [0, 0.1) is 0 Å². The van der Waals surface area contributed by atoms with Gasteiger partial charge >= 0.3 is 0 Å². The quantitative estimate of drug-likeness (QED) is 0.451. The molecule has 0 fully saturated rings. The highest BCUT2D eigenvalue weighted by Gasteiger charge is 2.31. The van der Waals surface area contributed by atoms with Crippen molar-refractivity contribution in [1.29, 1.82) is 0 Å². The van der Waals surface area contributed by atoms with Gasteiger partial charge in [0, 0.05) is 26.8 Å². The fourth-order valence-electron chi connectivity index (χ4n) is 3.66. The first-order valence-electron chi connectivity index (χ1n) is 10.9. The number of pyridine rings is 1. The maximum atomic E-state index is 12.3. The van der Waals surface area contributed by atoms with Crippen molar-refractivity contribution in [3.8, 4) is 0 Å².